The lowest BCUT2D eigenvalue weighted by Gasteiger charge is -2.25. The predicted octanol–water partition coefficient (Wildman–Crippen LogP) is 2.63. The molecular formula is C22H35N2O10P. The third-order valence-electron chi connectivity index (χ3n) is 5.63. The fraction of sp³-hybridized carbons (Fsp3) is 0.727. The molecular weight excluding hydrogens is 483 g/mol. The summed E-state index contributed by atoms with van der Waals surface area (Å²) in [6, 6.07) is 0. The van der Waals surface area contributed by atoms with E-state index in [1.54, 1.807) is 27.7 Å². The molecule has 2 rings (SSSR count). The number of hydrogen-bond acceptors (Lipinski definition) is 9. The van der Waals surface area contributed by atoms with E-state index < -0.39 is 60.4 Å². The molecule has 0 radical (unpaired) electrons. The molecule has 0 bridgehead atoms. The summed E-state index contributed by atoms with van der Waals surface area (Å²) < 4.78 is 36.3. The topological polar surface area (TPSA) is 163 Å². The van der Waals surface area contributed by atoms with Crippen molar-refractivity contribution in [2.75, 3.05) is 19.7 Å². The van der Waals surface area contributed by atoms with Gasteiger partial charge in [0.15, 0.2) is 0 Å². The fourth-order valence-electron chi connectivity index (χ4n) is 2.79. The number of esters is 1. The predicted molar refractivity (Wildman–Crippen MR) is 125 cm³/mol. The van der Waals surface area contributed by atoms with Crippen LogP contribution in [0.15, 0.2) is 15.8 Å². The second-order valence-corrected chi connectivity index (χ2v) is 12.5. The number of aromatic amines is 1. The Hall–Kier alpha value is -2.27. The highest BCUT2D eigenvalue weighted by atomic mass is 31.2. The van der Waals surface area contributed by atoms with Gasteiger partial charge in [-0.25, -0.2) is 4.79 Å². The van der Waals surface area contributed by atoms with Crippen LogP contribution < -0.4 is 11.2 Å². The van der Waals surface area contributed by atoms with Gasteiger partial charge in [-0.15, -0.1) is 0 Å². The SMILES string of the molecule is Cc1cn(CC2(OCP(=O)(OCCC(C)(C)C(=O)O)OCOC(=O)C(C)(C)C)CC2)c(=O)[nH]c1=O. The summed E-state index contributed by atoms with van der Waals surface area (Å²) in [4.78, 5) is 49.3. The van der Waals surface area contributed by atoms with Crippen LogP contribution in [0.4, 0.5) is 0 Å². The molecule has 13 heteroatoms. The molecule has 0 aliphatic heterocycles. The first-order valence-electron chi connectivity index (χ1n) is 11.2. The standard InChI is InChI=1S/C22H35N2O10P/c1-15-11-24(19(29)23-16(15)25)12-22(7-8-22)32-14-35(30,33-10-9-21(5,6)17(26)27)34-13-31-18(28)20(2,3)4/h11H,7-10,12-14H2,1-6H3,(H,26,27)(H,23,25,29). The lowest BCUT2D eigenvalue weighted by Crippen LogP contribution is -2.35. The second kappa shape index (κ2) is 10.8. The number of ether oxygens (including phenoxy) is 2. The Kier molecular flexibility index (Phi) is 8.92. The molecule has 35 heavy (non-hydrogen) atoms. The third kappa shape index (κ3) is 8.42. The third-order valence-corrected chi connectivity index (χ3v) is 7.15. The zero-order valence-electron chi connectivity index (χ0n) is 21.0. The monoisotopic (exact) mass is 518 g/mol. The van der Waals surface area contributed by atoms with E-state index in [0.717, 1.165) is 0 Å². The summed E-state index contributed by atoms with van der Waals surface area (Å²) in [5, 5.41) is 9.28. The van der Waals surface area contributed by atoms with Crippen molar-refractivity contribution >= 4 is 19.5 Å². The maximum atomic E-state index is 13.4. The number of rotatable bonds is 13. The summed E-state index contributed by atoms with van der Waals surface area (Å²) in [5.74, 6) is -1.60. The van der Waals surface area contributed by atoms with Crippen LogP contribution in [-0.4, -0.2) is 51.9 Å². The molecule has 1 unspecified atom stereocenters. The van der Waals surface area contributed by atoms with Crippen molar-refractivity contribution in [2.45, 2.75) is 73.0 Å². The number of aryl methyl sites for hydroxylation is 1. The van der Waals surface area contributed by atoms with Crippen LogP contribution in [0.1, 0.15) is 59.4 Å². The maximum Gasteiger partial charge on any atom is 0.359 e. The number of aliphatic carboxylic acids is 1. The average Bonchev–Trinajstić information content (AvgIpc) is 3.49. The van der Waals surface area contributed by atoms with Gasteiger partial charge in [0.1, 0.15) is 6.35 Å². The van der Waals surface area contributed by atoms with Crippen molar-refractivity contribution in [3.05, 3.63) is 32.6 Å². The Morgan fingerprint density at radius 1 is 1.17 bits per heavy atom. The molecule has 12 nitrogen and oxygen atoms in total. The van der Waals surface area contributed by atoms with Crippen LogP contribution in [0.3, 0.4) is 0 Å². The minimum Gasteiger partial charge on any atom is -0.481 e. The van der Waals surface area contributed by atoms with E-state index in [1.807, 2.05) is 0 Å². The number of nitrogens with one attached hydrogen (secondary N) is 1. The van der Waals surface area contributed by atoms with E-state index in [2.05, 4.69) is 4.98 Å². The molecule has 1 aromatic rings. The lowest BCUT2D eigenvalue weighted by atomic mass is 9.90. The molecule has 1 aromatic heterocycles. The first-order valence-corrected chi connectivity index (χ1v) is 12.9. The summed E-state index contributed by atoms with van der Waals surface area (Å²) in [7, 11) is -3.97. The minimum atomic E-state index is -3.97. The van der Waals surface area contributed by atoms with Crippen molar-refractivity contribution in [1.82, 2.24) is 9.55 Å². The molecule has 0 saturated heterocycles. The number of carbonyl (C=O) groups is 2. The molecule has 1 atom stereocenters. The van der Waals surface area contributed by atoms with Gasteiger partial charge in [0, 0.05) is 11.8 Å². The zero-order valence-corrected chi connectivity index (χ0v) is 21.9. The average molecular weight is 519 g/mol. The largest absolute Gasteiger partial charge is 0.481 e. The van der Waals surface area contributed by atoms with Gasteiger partial charge < -0.3 is 19.1 Å². The van der Waals surface area contributed by atoms with Crippen LogP contribution in [0.5, 0.6) is 0 Å². The number of H-pyrrole nitrogens is 1. The number of aromatic nitrogens is 2. The zero-order chi connectivity index (χ0) is 26.7. The Labute approximate surface area is 203 Å². The smallest absolute Gasteiger partial charge is 0.359 e. The van der Waals surface area contributed by atoms with E-state index in [0.29, 0.717) is 18.4 Å². The molecule has 1 heterocycles. The van der Waals surface area contributed by atoms with Crippen molar-refractivity contribution in [3.8, 4) is 0 Å². The van der Waals surface area contributed by atoms with E-state index in [4.69, 9.17) is 18.5 Å². The Morgan fingerprint density at radius 2 is 1.80 bits per heavy atom. The van der Waals surface area contributed by atoms with E-state index in [1.165, 1.54) is 24.6 Å². The first-order chi connectivity index (χ1) is 16.0. The number of carboxylic acid groups (broad SMARTS) is 1. The molecule has 1 fully saturated rings. The van der Waals surface area contributed by atoms with Crippen LogP contribution >= 0.6 is 7.60 Å². The molecule has 1 aliphatic rings. The molecule has 2 N–H and O–H groups in total. The number of hydrogen-bond donors (Lipinski definition) is 2. The molecule has 0 amide bonds. The van der Waals surface area contributed by atoms with Crippen LogP contribution in [0, 0.1) is 17.8 Å². The van der Waals surface area contributed by atoms with Gasteiger partial charge in [-0.3, -0.25) is 33.0 Å². The van der Waals surface area contributed by atoms with Gasteiger partial charge in [-0.2, -0.15) is 0 Å². The van der Waals surface area contributed by atoms with Crippen molar-refractivity contribution in [2.24, 2.45) is 10.8 Å². The summed E-state index contributed by atoms with van der Waals surface area (Å²) in [5.41, 5.74) is -3.42. The van der Waals surface area contributed by atoms with E-state index >= 15 is 0 Å². The highest BCUT2D eigenvalue weighted by Crippen LogP contribution is 2.52. The summed E-state index contributed by atoms with van der Waals surface area (Å²) in [6.45, 7) is 8.84. The van der Waals surface area contributed by atoms with Crippen LogP contribution in [0.2, 0.25) is 0 Å². The Balaban J connectivity index is 2.07. The van der Waals surface area contributed by atoms with Crippen LogP contribution in [-0.2, 0) is 39.2 Å². The van der Waals surface area contributed by atoms with Gasteiger partial charge in [0.2, 0.25) is 6.79 Å². The number of carbonyl (C=O) groups excluding carboxylic acids is 1. The normalized spacial score (nSPS) is 17.0. The van der Waals surface area contributed by atoms with Crippen LogP contribution in [0.25, 0.3) is 0 Å². The van der Waals surface area contributed by atoms with Gasteiger partial charge >= 0.3 is 25.2 Å². The molecule has 1 saturated carbocycles. The lowest BCUT2D eigenvalue weighted by molar-refractivity contribution is -0.160. The molecule has 198 valence electrons. The Morgan fingerprint density at radius 3 is 2.34 bits per heavy atom. The number of carboxylic acids is 1. The van der Waals surface area contributed by atoms with Gasteiger partial charge in [0.25, 0.3) is 5.56 Å². The van der Waals surface area contributed by atoms with Gasteiger partial charge in [0.05, 0.1) is 29.6 Å². The van der Waals surface area contributed by atoms with Gasteiger partial charge in [-0.05, 0) is 60.8 Å². The fourth-order valence-corrected chi connectivity index (χ4v) is 4.02. The van der Waals surface area contributed by atoms with Crippen molar-refractivity contribution in [3.63, 3.8) is 0 Å². The van der Waals surface area contributed by atoms with E-state index in [9.17, 15) is 28.8 Å². The highest BCUT2D eigenvalue weighted by Gasteiger charge is 2.47. The summed E-state index contributed by atoms with van der Waals surface area (Å²) >= 11 is 0. The Bertz CT molecular complexity index is 1090. The molecule has 0 aromatic carbocycles. The highest BCUT2D eigenvalue weighted by molar-refractivity contribution is 7.53. The van der Waals surface area contributed by atoms with Crippen molar-refractivity contribution in [1.29, 1.82) is 0 Å². The maximum absolute atomic E-state index is 13.4. The molecule has 0 spiro atoms. The quantitative estimate of drug-likeness (QED) is 0.225. The molecule has 1 aliphatic carbocycles. The second-order valence-electron chi connectivity index (χ2n) is 10.5. The summed E-state index contributed by atoms with van der Waals surface area (Å²) in [6.07, 6.45) is 2.13. The first kappa shape index (κ1) is 29.0. The van der Waals surface area contributed by atoms with Gasteiger partial charge in [-0.1, -0.05) is 0 Å². The van der Waals surface area contributed by atoms with Crippen molar-refractivity contribution < 1.29 is 37.8 Å². The van der Waals surface area contributed by atoms with E-state index in [-0.39, 0.29) is 19.6 Å². The number of nitrogens with zero attached hydrogens (tertiary/aromatic N) is 1. The minimum absolute atomic E-state index is 0.0503.